The van der Waals surface area contributed by atoms with Gasteiger partial charge in [0.1, 0.15) is 11.8 Å². The second-order valence-corrected chi connectivity index (χ2v) is 2.80. The van der Waals surface area contributed by atoms with Gasteiger partial charge >= 0.3 is 5.97 Å². The Morgan fingerprint density at radius 2 is 2.07 bits per heavy atom. The molecule has 1 N–H and O–H groups in total. The first-order chi connectivity index (χ1) is 6.93. The van der Waals surface area contributed by atoms with Crippen LogP contribution in [-0.4, -0.2) is 42.6 Å². The van der Waals surface area contributed by atoms with E-state index in [9.17, 15) is 14.7 Å². The van der Waals surface area contributed by atoms with Crippen LogP contribution in [0, 0.1) is 11.3 Å². The molecule has 0 aliphatic rings. The van der Waals surface area contributed by atoms with Gasteiger partial charge in [-0.05, 0) is 0 Å². The smallest absolute Gasteiger partial charge is 0.352 e. The van der Waals surface area contributed by atoms with Gasteiger partial charge in [0.05, 0.1) is 13.7 Å². The van der Waals surface area contributed by atoms with E-state index >= 15 is 0 Å². The number of methoxy groups -OCH3 is 1. The highest BCUT2D eigenvalue weighted by atomic mass is 16.5. The van der Waals surface area contributed by atoms with E-state index in [0.29, 0.717) is 0 Å². The number of carbonyl (C=O) groups is 2. The minimum atomic E-state index is -0.924. The van der Waals surface area contributed by atoms with Crippen LogP contribution in [-0.2, 0) is 14.3 Å². The number of nitriles is 1. The number of ether oxygens (including phenoxy) is 1. The van der Waals surface area contributed by atoms with Crippen LogP contribution in [0.4, 0.5) is 0 Å². The summed E-state index contributed by atoms with van der Waals surface area (Å²) in [5, 5.41) is 18.0. The number of aliphatic hydroxyl groups is 1. The number of aliphatic hydroxyl groups excluding tert-OH is 1. The minimum Gasteiger partial charge on any atom is -0.509 e. The van der Waals surface area contributed by atoms with E-state index in [-0.39, 0.29) is 12.5 Å². The Morgan fingerprint density at radius 3 is 2.40 bits per heavy atom. The fourth-order valence-electron chi connectivity index (χ4n) is 0.745. The third kappa shape index (κ3) is 3.68. The van der Waals surface area contributed by atoms with E-state index in [1.165, 1.54) is 20.0 Å². The zero-order valence-electron chi connectivity index (χ0n) is 8.77. The number of esters is 1. The lowest BCUT2D eigenvalue weighted by atomic mass is 10.2. The molecule has 0 heterocycles. The minimum absolute atomic E-state index is 0.201. The SMILES string of the molecule is COC(=O)/C(C#N)=C(\O)CN(C)C(C)=O. The summed E-state index contributed by atoms with van der Waals surface area (Å²) in [5.41, 5.74) is -0.495. The number of rotatable bonds is 3. The number of likely N-dealkylation sites (N-methyl/N-ethyl adjacent to an activating group) is 1. The summed E-state index contributed by atoms with van der Waals surface area (Å²) in [6, 6.07) is 1.51. The quantitative estimate of drug-likeness (QED) is 0.307. The number of nitrogens with zero attached hydrogens (tertiary/aromatic N) is 2. The van der Waals surface area contributed by atoms with Crippen LogP contribution in [0.15, 0.2) is 11.3 Å². The largest absolute Gasteiger partial charge is 0.509 e. The summed E-state index contributed by atoms with van der Waals surface area (Å²) in [6.07, 6.45) is 0. The van der Waals surface area contributed by atoms with Crippen molar-refractivity contribution in [3.05, 3.63) is 11.3 Å². The molecule has 6 nitrogen and oxygen atoms in total. The lowest BCUT2D eigenvalue weighted by Gasteiger charge is -2.14. The molecule has 0 atom stereocenters. The molecule has 0 fully saturated rings. The molecule has 0 bridgehead atoms. The Balaban J connectivity index is 4.84. The first-order valence-corrected chi connectivity index (χ1v) is 4.06. The topological polar surface area (TPSA) is 90.6 Å². The molecule has 0 aliphatic carbocycles. The van der Waals surface area contributed by atoms with Crippen molar-refractivity contribution in [3.63, 3.8) is 0 Å². The predicted molar refractivity (Wildman–Crippen MR) is 50.6 cm³/mol. The van der Waals surface area contributed by atoms with E-state index in [2.05, 4.69) is 4.74 Å². The highest BCUT2D eigenvalue weighted by Gasteiger charge is 2.17. The van der Waals surface area contributed by atoms with Gasteiger partial charge in [-0.1, -0.05) is 0 Å². The first kappa shape index (κ1) is 13.0. The molecule has 0 radical (unpaired) electrons. The van der Waals surface area contributed by atoms with Gasteiger partial charge in [0.15, 0.2) is 5.57 Å². The molecule has 0 rings (SSSR count). The number of amides is 1. The fraction of sp³-hybridized carbons (Fsp3) is 0.444. The summed E-state index contributed by atoms with van der Waals surface area (Å²) in [5.74, 6) is -1.70. The monoisotopic (exact) mass is 212 g/mol. The molecule has 0 aromatic rings. The van der Waals surface area contributed by atoms with Crippen LogP contribution < -0.4 is 0 Å². The molecule has 0 spiro atoms. The maximum absolute atomic E-state index is 11.0. The summed E-state index contributed by atoms with van der Waals surface area (Å²) in [7, 11) is 2.53. The molecular weight excluding hydrogens is 200 g/mol. The molecule has 0 aromatic heterocycles. The zero-order valence-corrected chi connectivity index (χ0v) is 8.77. The van der Waals surface area contributed by atoms with Gasteiger partial charge in [-0.3, -0.25) is 4.79 Å². The molecule has 82 valence electrons. The normalized spacial score (nSPS) is 11.1. The first-order valence-electron chi connectivity index (χ1n) is 4.06. The van der Waals surface area contributed by atoms with E-state index in [1.54, 1.807) is 0 Å². The summed E-state index contributed by atoms with van der Waals surface area (Å²) in [6.45, 7) is 1.10. The second kappa shape index (κ2) is 5.65. The van der Waals surface area contributed by atoms with E-state index < -0.39 is 17.3 Å². The third-order valence-corrected chi connectivity index (χ3v) is 1.71. The number of hydrogen-bond acceptors (Lipinski definition) is 5. The van der Waals surface area contributed by atoms with Gasteiger partial charge in [-0.25, -0.2) is 4.79 Å². The number of carbonyl (C=O) groups excluding carboxylic acids is 2. The van der Waals surface area contributed by atoms with Crippen molar-refractivity contribution in [2.75, 3.05) is 20.7 Å². The predicted octanol–water partition coefficient (Wildman–Crippen LogP) is -0.0266. The molecule has 0 aliphatic heterocycles. The molecule has 0 aromatic carbocycles. The van der Waals surface area contributed by atoms with Gasteiger partial charge in [-0.2, -0.15) is 5.26 Å². The molecule has 6 heteroatoms. The van der Waals surface area contributed by atoms with Crippen LogP contribution in [0.25, 0.3) is 0 Å². The van der Waals surface area contributed by atoms with Gasteiger partial charge in [0.2, 0.25) is 5.91 Å². The molecule has 1 amide bonds. The van der Waals surface area contributed by atoms with Crippen LogP contribution in [0.2, 0.25) is 0 Å². The maximum atomic E-state index is 11.0. The van der Waals surface area contributed by atoms with Gasteiger partial charge < -0.3 is 14.7 Å². The Kier molecular flexibility index (Phi) is 4.88. The molecule has 0 saturated carbocycles. The van der Waals surface area contributed by atoms with Crippen molar-refractivity contribution in [3.8, 4) is 6.07 Å². The van der Waals surface area contributed by atoms with E-state index in [1.807, 2.05) is 0 Å². The summed E-state index contributed by atoms with van der Waals surface area (Å²) < 4.78 is 4.28. The average Bonchev–Trinajstić information content (AvgIpc) is 2.18. The van der Waals surface area contributed by atoms with Crippen LogP contribution in [0.1, 0.15) is 6.92 Å². The van der Waals surface area contributed by atoms with Crippen molar-refractivity contribution < 1.29 is 19.4 Å². The maximum Gasteiger partial charge on any atom is 0.352 e. The zero-order chi connectivity index (χ0) is 12.0. The Labute approximate surface area is 87.4 Å². The summed E-state index contributed by atoms with van der Waals surface area (Å²) in [4.78, 5) is 23.0. The Morgan fingerprint density at radius 1 is 1.53 bits per heavy atom. The van der Waals surface area contributed by atoms with Gasteiger partial charge in [0, 0.05) is 14.0 Å². The molecular formula is C9H12N2O4. The van der Waals surface area contributed by atoms with Crippen LogP contribution in [0.5, 0.6) is 0 Å². The van der Waals surface area contributed by atoms with Crippen LogP contribution in [0.3, 0.4) is 0 Å². The van der Waals surface area contributed by atoms with Crippen molar-refractivity contribution in [2.45, 2.75) is 6.92 Å². The highest BCUT2D eigenvalue weighted by molar-refractivity contribution is 5.93. The highest BCUT2D eigenvalue weighted by Crippen LogP contribution is 2.04. The third-order valence-electron chi connectivity index (χ3n) is 1.71. The summed E-state index contributed by atoms with van der Waals surface area (Å²) >= 11 is 0. The van der Waals surface area contributed by atoms with Crippen molar-refractivity contribution in [1.29, 1.82) is 5.26 Å². The number of hydrogen-bond donors (Lipinski definition) is 1. The standard InChI is InChI=1S/C9H12N2O4/c1-6(12)11(2)5-8(13)7(4-10)9(14)15-3/h13H,5H2,1-3H3/b8-7-. The molecule has 0 saturated heterocycles. The van der Waals surface area contributed by atoms with Crippen LogP contribution >= 0.6 is 0 Å². The second-order valence-electron chi connectivity index (χ2n) is 2.80. The van der Waals surface area contributed by atoms with Gasteiger partial charge in [-0.15, -0.1) is 0 Å². The Hall–Kier alpha value is -2.03. The molecule has 15 heavy (non-hydrogen) atoms. The van der Waals surface area contributed by atoms with E-state index in [4.69, 9.17) is 5.26 Å². The fourth-order valence-corrected chi connectivity index (χ4v) is 0.745. The van der Waals surface area contributed by atoms with Crippen molar-refractivity contribution in [1.82, 2.24) is 4.90 Å². The lowest BCUT2D eigenvalue weighted by Crippen LogP contribution is -2.27. The van der Waals surface area contributed by atoms with Crippen molar-refractivity contribution >= 4 is 11.9 Å². The van der Waals surface area contributed by atoms with Crippen molar-refractivity contribution in [2.24, 2.45) is 0 Å². The molecule has 0 unspecified atom stereocenters. The van der Waals surface area contributed by atoms with E-state index in [0.717, 1.165) is 12.0 Å². The Bertz CT molecular complexity index is 341. The lowest BCUT2D eigenvalue weighted by molar-refractivity contribution is -0.136. The average molecular weight is 212 g/mol. The van der Waals surface area contributed by atoms with Gasteiger partial charge in [0.25, 0.3) is 0 Å².